The predicted octanol–water partition coefficient (Wildman–Crippen LogP) is 5.12. The highest BCUT2D eigenvalue weighted by atomic mass is 35.5. The minimum Gasteiger partial charge on any atom is -0.352 e. The molecule has 3 aromatic rings. The first-order valence-electron chi connectivity index (χ1n) is 7.89. The maximum Gasteiger partial charge on any atom is 0.223 e. The largest absolute Gasteiger partial charge is 0.352 e. The zero-order chi connectivity index (χ0) is 17.3. The summed E-state index contributed by atoms with van der Waals surface area (Å²) < 4.78 is 2.70. The Balaban J connectivity index is 2.09. The van der Waals surface area contributed by atoms with Crippen molar-refractivity contribution in [2.45, 2.75) is 39.8 Å². The standard InChI is InChI=1S/C17H20ClN5S/c1-10(2)20-17-19-8-7-13(21-17)12-9-23(11(3)4)22-16(12)14-5-6-15(18)24-14/h5-11H,1-4H3,(H,19,20,21). The molecule has 3 aromatic heterocycles. The third kappa shape index (κ3) is 3.60. The van der Waals surface area contributed by atoms with Gasteiger partial charge in [-0.25, -0.2) is 9.97 Å². The van der Waals surface area contributed by atoms with Crippen molar-refractivity contribution in [3.63, 3.8) is 0 Å². The fourth-order valence-corrected chi connectivity index (χ4v) is 3.35. The molecule has 0 unspecified atom stereocenters. The van der Waals surface area contributed by atoms with Crippen LogP contribution in [-0.2, 0) is 0 Å². The Bertz CT molecular complexity index is 837. The molecule has 0 aromatic carbocycles. The maximum atomic E-state index is 6.11. The van der Waals surface area contributed by atoms with E-state index in [0.29, 0.717) is 5.95 Å². The molecule has 0 amide bonds. The van der Waals surface area contributed by atoms with E-state index in [1.54, 1.807) is 6.20 Å². The van der Waals surface area contributed by atoms with E-state index in [0.717, 1.165) is 26.2 Å². The van der Waals surface area contributed by atoms with Crippen molar-refractivity contribution < 1.29 is 0 Å². The van der Waals surface area contributed by atoms with Crippen LogP contribution in [0.5, 0.6) is 0 Å². The topological polar surface area (TPSA) is 55.6 Å². The molecule has 0 radical (unpaired) electrons. The minimum atomic E-state index is 0.267. The van der Waals surface area contributed by atoms with Gasteiger partial charge in [-0.1, -0.05) is 11.6 Å². The Kier molecular flexibility index (Phi) is 4.87. The molecule has 3 rings (SSSR count). The van der Waals surface area contributed by atoms with Crippen LogP contribution in [0.4, 0.5) is 5.95 Å². The summed E-state index contributed by atoms with van der Waals surface area (Å²) in [6.45, 7) is 8.33. The summed E-state index contributed by atoms with van der Waals surface area (Å²) in [5.41, 5.74) is 2.73. The Morgan fingerprint density at radius 3 is 2.58 bits per heavy atom. The van der Waals surface area contributed by atoms with Crippen molar-refractivity contribution in [3.8, 4) is 21.8 Å². The van der Waals surface area contributed by atoms with Crippen molar-refractivity contribution >= 4 is 28.9 Å². The summed E-state index contributed by atoms with van der Waals surface area (Å²) in [6, 6.07) is 6.34. The lowest BCUT2D eigenvalue weighted by atomic mass is 10.1. The number of hydrogen-bond acceptors (Lipinski definition) is 5. The molecule has 0 bridgehead atoms. The van der Waals surface area contributed by atoms with Crippen LogP contribution in [-0.4, -0.2) is 25.8 Å². The summed E-state index contributed by atoms with van der Waals surface area (Å²) in [5, 5.41) is 7.99. The first kappa shape index (κ1) is 16.9. The molecule has 0 spiro atoms. The van der Waals surface area contributed by atoms with Crippen LogP contribution in [0.3, 0.4) is 0 Å². The summed E-state index contributed by atoms with van der Waals surface area (Å²) in [7, 11) is 0. The number of rotatable bonds is 5. The second-order valence-corrected chi connectivity index (χ2v) is 7.85. The second kappa shape index (κ2) is 6.91. The lowest BCUT2D eigenvalue weighted by molar-refractivity contribution is 0.534. The Morgan fingerprint density at radius 2 is 1.96 bits per heavy atom. The number of anilines is 1. The van der Waals surface area contributed by atoms with Gasteiger partial charge in [0.05, 0.1) is 14.9 Å². The van der Waals surface area contributed by atoms with Crippen LogP contribution < -0.4 is 5.32 Å². The molecule has 0 atom stereocenters. The fraction of sp³-hybridized carbons (Fsp3) is 0.353. The monoisotopic (exact) mass is 361 g/mol. The van der Waals surface area contributed by atoms with Gasteiger partial charge in [0, 0.05) is 30.0 Å². The zero-order valence-electron chi connectivity index (χ0n) is 14.1. The Morgan fingerprint density at radius 1 is 1.17 bits per heavy atom. The van der Waals surface area contributed by atoms with Crippen LogP contribution in [0.25, 0.3) is 21.8 Å². The Labute approximate surface area is 150 Å². The van der Waals surface area contributed by atoms with Crippen molar-refractivity contribution in [3.05, 3.63) is 34.9 Å². The molecule has 0 aliphatic heterocycles. The molecular formula is C17H20ClN5S. The van der Waals surface area contributed by atoms with Crippen molar-refractivity contribution in [2.75, 3.05) is 5.32 Å². The van der Waals surface area contributed by atoms with E-state index in [4.69, 9.17) is 16.7 Å². The average molecular weight is 362 g/mol. The molecule has 0 aliphatic rings. The molecular weight excluding hydrogens is 342 g/mol. The molecule has 0 aliphatic carbocycles. The third-order valence-corrected chi connectivity index (χ3v) is 4.65. The van der Waals surface area contributed by atoms with E-state index in [2.05, 4.69) is 43.0 Å². The van der Waals surface area contributed by atoms with Gasteiger partial charge in [0.2, 0.25) is 5.95 Å². The average Bonchev–Trinajstić information content (AvgIpc) is 3.13. The minimum absolute atomic E-state index is 0.267. The van der Waals surface area contributed by atoms with E-state index in [1.165, 1.54) is 11.3 Å². The van der Waals surface area contributed by atoms with Crippen LogP contribution in [0.15, 0.2) is 30.6 Å². The van der Waals surface area contributed by atoms with Crippen molar-refractivity contribution in [1.29, 1.82) is 0 Å². The lowest BCUT2D eigenvalue weighted by Gasteiger charge is -2.08. The highest BCUT2D eigenvalue weighted by molar-refractivity contribution is 7.19. The van der Waals surface area contributed by atoms with E-state index < -0.39 is 0 Å². The van der Waals surface area contributed by atoms with Crippen molar-refractivity contribution in [2.24, 2.45) is 0 Å². The van der Waals surface area contributed by atoms with Crippen LogP contribution in [0, 0.1) is 0 Å². The summed E-state index contributed by atoms with van der Waals surface area (Å²) >= 11 is 7.63. The first-order valence-corrected chi connectivity index (χ1v) is 9.08. The summed E-state index contributed by atoms with van der Waals surface area (Å²) in [4.78, 5) is 9.96. The molecule has 0 saturated carbocycles. The summed E-state index contributed by atoms with van der Waals surface area (Å²) in [6.07, 6.45) is 3.81. The molecule has 126 valence electrons. The number of thiophene rings is 1. The van der Waals surface area contributed by atoms with Crippen LogP contribution in [0.2, 0.25) is 4.34 Å². The van der Waals surface area contributed by atoms with E-state index in [1.807, 2.05) is 29.1 Å². The van der Waals surface area contributed by atoms with Gasteiger partial charge in [-0.05, 0) is 45.9 Å². The van der Waals surface area contributed by atoms with Crippen LogP contribution in [0.1, 0.15) is 33.7 Å². The number of hydrogen-bond donors (Lipinski definition) is 1. The SMILES string of the molecule is CC(C)Nc1nccc(-c2cn(C(C)C)nc2-c2ccc(Cl)s2)n1. The lowest BCUT2D eigenvalue weighted by Crippen LogP contribution is -2.12. The quantitative estimate of drug-likeness (QED) is 0.685. The number of nitrogens with one attached hydrogen (secondary N) is 1. The molecule has 1 N–H and O–H groups in total. The zero-order valence-corrected chi connectivity index (χ0v) is 15.7. The summed E-state index contributed by atoms with van der Waals surface area (Å²) in [5.74, 6) is 0.620. The van der Waals surface area contributed by atoms with Gasteiger partial charge < -0.3 is 5.32 Å². The fourth-order valence-electron chi connectivity index (χ4n) is 2.30. The van der Waals surface area contributed by atoms with Gasteiger partial charge in [0.1, 0.15) is 5.69 Å². The first-order chi connectivity index (χ1) is 11.4. The van der Waals surface area contributed by atoms with Gasteiger partial charge in [-0.15, -0.1) is 11.3 Å². The highest BCUT2D eigenvalue weighted by Crippen LogP contribution is 2.36. The number of halogens is 1. The van der Waals surface area contributed by atoms with Crippen molar-refractivity contribution in [1.82, 2.24) is 19.7 Å². The third-order valence-electron chi connectivity index (χ3n) is 3.42. The maximum absolute atomic E-state index is 6.11. The van der Waals surface area contributed by atoms with Gasteiger partial charge in [0.15, 0.2) is 0 Å². The molecule has 3 heterocycles. The van der Waals surface area contributed by atoms with Gasteiger partial charge in [-0.2, -0.15) is 5.10 Å². The number of aromatic nitrogens is 4. The molecule has 24 heavy (non-hydrogen) atoms. The molecule has 7 heteroatoms. The molecule has 5 nitrogen and oxygen atoms in total. The highest BCUT2D eigenvalue weighted by Gasteiger charge is 2.17. The smallest absolute Gasteiger partial charge is 0.223 e. The van der Waals surface area contributed by atoms with E-state index >= 15 is 0 Å². The van der Waals surface area contributed by atoms with Gasteiger partial charge in [0.25, 0.3) is 0 Å². The van der Waals surface area contributed by atoms with Gasteiger partial charge in [-0.3, -0.25) is 4.68 Å². The molecule has 0 saturated heterocycles. The Hall–Kier alpha value is -1.92. The predicted molar refractivity (Wildman–Crippen MR) is 101 cm³/mol. The number of nitrogens with zero attached hydrogens (tertiary/aromatic N) is 4. The van der Waals surface area contributed by atoms with E-state index in [9.17, 15) is 0 Å². The normalized spacial score (nSPS) is 11.5. The van der Waals surface area contributed by atoms with Gasteiger partial charge >= 0.3 is 0 Å². The van der Waals surface area contributed by atoms with E-state index in [-0.39, 0.29) is 12.1 Å². The second-order valence-electron chi connectivity index (χ2n) is 6.13. The molecule has 0 fully saturated rings. The van der Waals surface area contributed by atoms with Crippen LogP contribution >= 0.6 is 22.9 Å².